The third kappa shape index (κ3) is 3.82. The fraction of sp³-hybridized carbons (Fsp3) is 0.286. The van der Waals surface area contributed by atoms with Gasteiger partial charge in [-0.1, -0.05) is 6.92 Å². The van der Waals surface area contributed by atoms with Crippen molar-refractivity contribution in [1.29, 1.82) is 0 Å². The molecular weight excluding hydrogens is 226 g/mol. The molecule has 0 aliphatic carbocycles. The number of ether oxygens (including phenoxy) is 1. The van der Waals surface area contributed by atoms with E-state index < -0.39 is 0 Å². The summed E-state index contributed by atoms with van der Waals surface area (Å²) in [5.41, 5.74) is 1.16. The van der Waals surface area contributed by atoms with Crippen LogP contribution < -0.4 is 10.1 Å². The fourth-order valence-electron chi connectivity index (χ4n) is 1.55. The van der Waals surface area contributed by atoms with Gasteiger partial charge in [0.15, 0.2) is 0 Å². The minimum atomic E-state index is 0.596. The summed E-state index contributed by atoms with van der Waals surface area (Å²) < 4.78 is 5.62. The molecule has 0 aliphatic heterocycles. The standard InChI is InChI=1S/C14H17N3O/c1-2-6-15-10-12-5-8-17-14(9-12)18-13-4-3-7-16-11-13/h3-5,7-9,11,15H,2,6,10H2,1H3. The molecular formula is C14H17N3O. The first-order valence-corrected chi connectivity index (χ1v) is 6.12. The zero-order valence-corrected chi connectivity index (χ0v) is 10.5. The molecule has 94 valence electrons. The zero-order valence-electron chi connectivity index (χ0n) is 10.5. The molecule has 2 aromatic rings. The van der Waals surface area contributed by atoms with Crippen LogP contribution >= 0.6 is 0 Å². The van der Waals surface area contributed by atoms with E-state index in [0.29, 0.717) is 11.6 Å². The first kappa shape index (κ1) is 12.5. The van der Waals surface area contributed by atoms with Crippen LogP contribution in [-0.4, -0.2) is 16.5 Å². The van der Waals surface area contributed by atoms with E-state index >= 15 is 0 Å². The maximum absolute atomic E-state index is 5.62. The van der Waals surface area contributed by atoms with Gasteiger partial charge < -0.3 is 10.1 Å². The van der Waals surface area contributed by atoms with E-state index in [9.17, 15) is 0 Å². The van der Waals surface area contributed by atoms with Crippen LogP contribution in [0.4, 0.5) is 0 Å². The number of pyridine rings is 2. The molecule has 0 atom stereocenters. The summed E-state index contributed by atoms with van der Waals surface area (Å²) in [6.07, 6.45) is 6.27. The van der Waals surface area contributed by atoms with Crippen LogP contribution in [0.5, 0.6) is 11.6 Å². The molecule has 0 radical (unpaired) electrons. The lowest BCUT2D eigenvalue weighted by Crippen LogP contribution is -2.13. The highest BCUT2D eigenvalue weighted by Crippen LogP contribution is 2.18. The molecule has 0 saturated carbocycles. The Balaban J connectivity index is 1.99. The van der Waals surface area contributed by atoms with Crippen molar-refractivity contribution < 1.29 is 4.74 Å². The molecule has 0 spiro atoms. The van der Waals surface area contributed by atoms with Crippen molar-refractivity contribution in [2.45, 2.75) is 19.9 Å². The lowest BCUT2D eigenvalue weighted by atomic mass is 10.2. The minimum absolute atomic E-state index is 0.596. The molecule has 2 aromatic heterocycles. The number of hydrogen-bond acceptors (Lipinski definition) is 4. The first-order valence-electron chi connectivity index (χ1n) is 6.12. The summed E-state index contributed by atoms with van der Waals surface area (Å²) in [6.45, 7) is 4.00. The van der Waals surface area contributed by atoms with Crippen LogP contribution in [-0.2, 0) is 6.54 Å². The molecule has 0 aliphatic rings. The predicted molar refractivity (Wildman–Crippen MR) is 70.5 cm³/mol. The van der Waals surface area contributed by atoms with Crippen molar-refractivity contribution in [3.8, 4) is 11.6 Å². The summed E-state index contributed by atoms with van der Waals surface area (Å²) in [4.78, 5) is 8.18. The van der Waals surface area contributed by atoms with Crippen molar-refractivity contribution in [1.82, 2.24) is 15.3 Å². The Morgan fingerprint density at radius 2 is 2.22 bits per heavy atom. The van der Waals surface area contributed by atoms with Crippen LogP contribution in [0, 0.1) is 0 Å². The van der Waals surface area contributed by atoms with Gasteiger partial charge in [0.05, 0.1) is 6.20 Å². The summed E-state index contributed by atoms with van der Waals surface area (Å²) >= 11 is 0. The third-order valence-electron chi connectivity index (χ3n) is 2.41. The molecule has 0 amide bonds. The van der Waals surface area contributed by atoms with E-state index in [1.807, 2.05) is 24.3 Å². The largest absolute Gasteiger partial charge is 0.437 e. The maximum atomic E-state index is 5.62. The molecule has 0 saturated heterocycles. The second-order valence-electron chi connectivity index (χ2n) is 3.97. The van der Waals surface area contributed by atoms with Crippen LogP contribution in [0.25, 0.3) is 0 Å². The molecule has 2 heterocycles. The second kappa shape index (κ2) is 6.71. The van der Waals surface area contributed by atoms with Gasteiger partial charge in [0.1, 0.15) is 5.75 Å². The highest BCUT2D eigenvalue weighted by molar-refractivity contribution is 5.26. The quantitative estimate of drug-likeness (QED) is 0.792. The highest BCUT2D eigenvalue weighted by Gasteiger charge is 2.00. The van der Waals surface area contributed by atoms with E-state index in [1.165, 1.54) is 0 Å². The van der Waals surface area contributed by atoms with Gasteiger partial charge in [-0.15, -0.1) is 0 Å². The SMILES string of the molecule is CCCNCc1ccnc(Oc2cccnc2)c1. The van der Waals surface area contributed by atoms with Crippen molar-refractivity contribution in [3.63, 3.8) is 0 Å². The lowest BCUT2D eigenvalue weighted by Gasteiger charge is -2.06. The molecule has 4 nitrogen and oxygen atoms in total. The Labute approximate surface area is 107 Å². The van der Waals surface area contributed by atoms with Crippen LogP contribution in [0.1, 0.15) is 18.9 Å². The van der Waals surface area contributed by atoms with Crippen molar-refractivity contribution in [3.05, 3.63) is 48.4 Å². The average Bonchev–Trinajstić information content (AvgIpc) is 2.41. The van der Waals surface area contributed by atoms with E-state index in [2.05, 4.69) is 22.2 Å². The molecule has 0 aromatic carbocycles. The van der Waals surface area contributed by atoms with E-state index in [1.54, 1.807) is 18.6 Å². The Morgan fingerprint density at radius 1 is 1.28 bits per heavy atom. The van der Waals surface area contributed by atoms with Gasteiger partial charge in [-0.3, -0.25) is 4.98 Å². The van der Waals surface area contributed by atoms with Crippen molar-refractivity contribution >= 4 is 0 Å². The molecule has 18 heavy (non-hydrogen) atoms. The van der Waals surface area contributed by atoms with E-state index in [4.69, 9.17) is 4.74 Å². The first-order chi connectivity index (χ1) is 8.88. The summed E-state index contributed by atoms with van der Waals surface area (Å²) in [6, 6.07) is 7.62. The van der Waals surface area contributed by atoms with Crippen LogP contribution in [0.3, 0.4) is 0 Å². The monoisotopic (exact) mass is 243 g/mol. The van der Waals surface area contributed by atoms with Gasteiger partial charge in [0.25, 0.3) is 0 Å². The number of hydrogen-bond donors (Lipinski definition) is 1. The van der Waals surface area contributed by atoms with Gasteiger partial charge in [-0.25, -0.2) is 4.98 Å². The Kier molecular flexibility index (Phi) is 4.67. The Morgan fingerprint density at radius 3 is 3.00 bits per heavy atom. The Bertz CT molecular complexity index is 473. The van der Waals surface area contributed by atoms with Crippen molar-refractivity contribution in [2.75, 3.05) is 6.54 Å². The number of rotatable bonds is 6. The van der Waals surface area contributed by atoms with Gasteiger partial charge in [0.2, 0.25) is 5.88 Å². The number of nitrogens with zero attached hydrogens (tertiary/aromatic N) is 2. The fourth-order valence-corrected chi connectivity index (χ4v) is 1.55. The molecule has 1 N–H and O–H groups in total. The van der Waals surface area contributed by atoms with Gasteiger partial charge >= 0.3 is 0 Å². The molecule has 0 bridgehead atoms. The van der Waals surface area contributed by atoms with Crippen LogP contribution in [0.2, 0.25) is 0 Å². The summed E-state index contributed by atoms with van der Waals surface area (Å²) in [5, 5.41) is 3.35. The van der Waals surface area contributed by atoms with Gasteiger partial charge in [-0.2, -0.15) is 0 Å². The highest BCUT2D eigenvalue weighted by atomic mass is 16.5. The summed E-state index contributed by atoms with van der Waals surface area (Å²) in [7, 11) is 0. The molecule has 0 fully saturated rings. The minimum Gasteiger partial charge on any atom is -0.437 e. The lowest BCUT2D eigenvalue weighted by molar-refractivity contribution is 0.459. The second-order valence-corrected chi connectivity index (χ2v) is 3.97. The Hall–Kier alpha value is -1.94. The van der Waals surface area contributed by atoms with Crippen molar-refractivity contribution in [2.24, 2.45) is 0 Å². The topological polar surface area (TPSA) is 47.0 Å². The maximum Gasteiger partial charge on any atom is 0.219 e. The van der Waals surface area contributed by atoms with Crippen LogP contribution in [0.15, 0.2) is 42.9 Å². The zero-order chi connectivity index (χ0) is 12.6. The summed E-state index contributed by atoms with van der Waals surface area (Å²) in [5.74, 6) is 1.29. The average molecular weight is 243 g/mol. The van der Waals surface area contributed by atoms with Gasteiger partial charge in [-0.05, 0) is 36.7 Å². The molecule has 4 heteroatoms. The number of aromatic nitrogens is 2. The third-order valence-corrected chi connectivity index (χ3v) is 2.41. The molecule has 0 unspecified atom stereocenters. The molecule has 2 rings (SSSR count). The van der Waals surface area contributed by atoms with E-state index in [-0.39, 0.29) is 0 Å². The number of nitrogens with one attached hydrogen (secondary N) is 1. The smallest absolute Gasteiger partial charge is 0.219 e. The normalized spacial score (nSPS) is 10.3. The van der Waals surface area contributed by atoms with Gasteiger partial charge in [0, 0.05) is 25.0 Å². The van der Waals surface area contributed by atoms with E-state index in [0.717, 1.165) is 25.1 Å². The predicted octanol–water partition coefficient (Wildman–Crippen LogP) is 2.77.